The summed E-state index contributed by atoms with van der Waals surface area (Å²) in [6.45, 7) is 0. The van der Waals surface area contributed by atoms with Crippen molar-refractivity contribution in [1.82, 2.24) is 0 Å². The number of halogens is 3. The third kappa shape index (κ3) is 1.87. The number of carboxylic acids is 1. The van der Waals surface area contributed by atoms with Gasteiger partial charge in [-0.3, -0.25) is 0 Å². The van der Waals surface area contributed by atoms with E-state index < -0.39 is 23.8 Å². The molecule has 20 heavy (non-hydrogen) atoms. The van der Waals surface area contributed by atoms with E-state index in [2.05, 4.69) is 5.32 Å². The van der Waals surface area contributed by atoms with Crippen LogP contribution in [0.4, 0.5) is 18.9 Å². The first kappa shape index (κ1) is 13.0. The van der Waals surface area contributed by atoms with Crippen LogP contribution in [0, 0.1) is 5.92 Å². The molecule has 1 aliphatic heterocycles. The van der Waals surface area contributed by atoms with Crippen molar-refractivity contribution in [2.24, 2.45) is 5.92 Å². The van der Waals surface area contributed by atoms with E-state index >= 15 is 0 Å². The van der Waals surface area contributed by atoms with E-state index in [4.69, 9.17) is 0 Å². The van der Waals surface area contributed by atoms with Gasteiger partial charge in [0.25, 0.3) is 0 Å². The molecule has 1 aromatic carbocycles. The molecule has 1 heterocycles. The van der Waals surface area contributed by atoms with Gasteiger partial charge in [0.05, 0.1) is 11.3 Å². The minimum atomic E-state index is -4.50. The molecular weight excluding hydrogens is 271 g/mol. The van der Waals surface area contributed by atoms with Crippen molar-refractivity contribution in [2.45, 2.75) is 24.6 Å². The normalized spacial score (nSPS) is 27.6. The SMILES string of the molecule is O=C(O)[C@H]1Nc2c(cccc2C(F)(F)F)[C@@H]2C=CC[C@@H]12. The smallest absolute Gasteiger partial charge is 0.418 e. The van der Waals surface area contributed by atoms with Gasteiger partial charge in [-0.1, -0.05) is 24.3 Å². The van der Waals surface area contributed by atoms with E-state index in [0.29, 0.717) is 12.0 Å². The highest BCUT2D eigenvalue weighted by Crippen LogP contribution is 2.48. The van der Waals surface area contributed by atoms with Crippen LogP contribution in [-0.2, 0) is 11.0 Å². The van der Waals surface area contributed by atoms with Crippen LogP contribution >= 0.6 is 0 Å². The molecule has 106 valence electrons. The van der Waals surface area contributed by atoms with Crippen LogP contribution in [0.3, 0.4) is 0 Å². The van der Waals surface area contributed by atoms with Gasteiger partial charge in [-0.25, -0.2) is 4.79 Å². The van der Waals surface area contributed by atoms with Gasteiger partial charge in [-0.2, -0.15) is 13.2 Å². The third-order valence-corrected chi connectivity index (χ3v) is 3.97. The Balaban J connectivity index is 2.15. The van der Waals surface area contributed by atoms with Crippen molar-refractivity contribution in [3.8, 4) is 0 Å². The Morgan fingerprint density at radius 2 is 2.10 bits per heavy atom. The van der Waals surface area contributed by atoms with Crippen LogP contribution < -0.4 is 5.32 Å². The third-order valence-electron chi connectivity index (χ3n) is 3.97. The molecule has 0 spiro atoms. The van der Waals surface area contributed by atoms with E-state index in [0.717, 1.165) is 6.07 Å². The Kier molecular flexibility index (Phi) is 2.77. The maximum atomic E-state index is 13.0. The van der Waals surface area contributed by atoms with Gasteiger partial charge in [0, 0.05) is 11.8 Å². The van der Waals surface area contributed by atoms with Gasteiger partial charge in [-0.05, 0) is 18.1 Å². The summed E-state index contributed by atoms with van der Waals surface area (Å²) in [5.41, 5.74) is -0.378. The molecule has 0 aromatic heterocycles. The predicted octanol–water partition coefficient (Wildman–Crippen LogP) is 3.24. The topological polar surface area (TPSA) is 49.3 Å². The van der Waals surface area contributed by atoms with Gasteiger partial charge < -0.3 is 10.4 Å². The number of hydrogen-bond donors (Lipinski definition) is 2. The summed E-state index contributed by atoms with van der Waals surface area (Å²) in [6, 6.07) is 2.98. The summed E-state index contributed by atoms with van der Waals surface area (Å²) < 4.78 is 39.1. The summed E-state index contributed by atoms with van der Waals surface area (Å²) in [5, 5.41) is 11.8. The molecule has 0 saturated heterocycles. The van der Waals surface area contributed by atoms with Crippen molar-refractivity contribution in [1.29, 1.82) is 0 Å². The van der Waals surface area contributed by atoms with Crippen molar-refractivity contribution in [3.05, 3.63) is 41.5 Å². The molecule has 0 amide bonds. The van der Waals surface area contributed by atoms with Crippen LogP contribution in [0.5, 0.6) is 0 Å². The fraction of sp³-hybridized carbons (Fsp3) is 0.357. The second kappa shape index (κ2) is 4.26. The number of benzene rings is 1. The Labute approximate surface area is 113 Å². The molecule has 6 heteroatoms. The van der Waals surface area contributed by atoms with Gasteiger partial charge in [0.1, 0.15) is 6.04 Å². The minimum absolute atomic E-state index is 0.0970. The van der Waals surface area contributed by atoms with E-state index in [9.17, 15) is 23.1 Å². The van der Waals surface area contributed by atoms with Crippen LogP contribution in [0.1, 0.15) is 23.5 Å². The standard InChI is InChI=1S/C14H12F3NO2/c15-14(16,17)10-6-2-5-8-7-3-1-4-9(7)12(13(19)20)18-11(8)10/h1-3,5-7,9,12,18H,4H2,(H,19,20)/t7-,9+,12-/m0/s1. The average molecular weight is 283 g/mol. The molecule has 0 unspecified atom stereocenters. The van der Waals surface area contributed by atoms with Gasteiger partial charge in [-0.15, -0.1) is 0 Å². The highest BCUT2D eigenvalue weighted by molar-refractivity contribution is 5.81. The van der Waals surface area contributed by atoms with Gasteiger partial charge >= 0.3 is 12.1 Å². The molecule has 0 fully saturated rings. The summed E-state index contributed by atoms with van der Waals surface area (Å²) in [7, 11) is 0. The fourth-order valence-electron chi connectivity index (χ4n) is 3.10. The lowest BCUT2D eigenvalue weighted by Crippen LogP contribution is -2.42. The number of anilines is 1. The molecule has 3 rings (SSSR count). The van der Waals surface area contributed by atoms with Crippen LogP contribution in [0.15, 0.2) is 30.4 Å². The number of nitrogens with one attached hydrogen (secondary N) is 1. The van der Waals surface area contributed by atoms with E-state index in [-0.39, 0.29) is 17.5 Å². The molecule has 3 nitrogen and oxygen atoms in total. The van der Waals surface area contributed by atoms with Crippen molar-refractivity contribution < 1.29 is 23.1 Å². The monoisotopic (exact) mass is 283 g/mol. The van der Waals surface area contributed by atoms with Crippen LogP contribution in [0.25, 0.3) is 0 Å². The number of allylic oxidation sites excluding steroid dienone is 2. The maximum Gasteiger partial charge on any atom is 0.418 e. The molecule has 0 bridgehead atoms. The number of aliphatic carboxylic acids is 1. The predicted molar refractivity (Wildman–Crippen MR) is 66.5 cm³/mol. The number of alkyl halides is 3. The highest BCUT2D eigenvalue weighted by atomic mass is 19.4. The quantitative estimate of drug-likeness (QED) is 0.778. The number of hydrogen-bond acceptors (Lipinski definition) is 2. The molecule has 2 aliphatic rings. The van der Waals surface area contributed by atoms with Crippen molar-refractivity contribution in [3.63, 3.8) is 0 Å². The first-order chi connectivity index (χ1) is 9.39. The van der Waals surface area contributed by atoms with Crippen LogP contribution in [-0.4, -0.2) is 17.1 Å². The Hall–Kier alpha value is -1.98. The zero-order chi connectivity index (χ0) is 14.5. The second-order valence-corrected chi connectivity index (χ2v) is 5.08. The zero-order valence-corrected chi connectivity index (χ0v) is 10.3. The van der Waals surface area contributed by atoms with Crippen molar-refractivity contribution in [2.75, 3.05) is 5.32 Å². The lowest BCUT2D eigenvalue weighted by atomic mass is 9.78. The first-order valence-electron chi connectivity index (χ1n) is 6.25. The number of fused-ring (bicyclic) bond motifs is 3. The lowest BCUT2D eigenvalue weighted by molar-refractivity contribution is -0.140. The molecule has 0 saturated carbocycles. The zero-order valence-electron chi connectivity index (χ0n) is 10.3. The first-order valence-corrected chi connectivity index (χ1v) is 6.25. The molecular formula is C14H12F3NO2. The molecule has 1 aliphatic carbocycles. The maximum absolute atomic E-state index is 13.0. The van der Waals surface area contributed by atoms with E-state index in [1.54, 1.807) is 12.1 Å². The van der Waals surface area contributed by atoms with E-state index in [1.165, 1.54) is 6.07 Å². The fourth-order valence-corrected chi connectivity index (χ4v) is 3.10. The number of carbonyl (C=O) groups is 1. The lowest BCUT2D eigenvalue weighted by Gasteiger charge is -2.36. The molecule has 3 atom stereocenters. The molecule has 1 aromatic rings. The molecule has 0 radical (unpaired) electrons. The van der Waals surface area contributed by atoms with Crippen molar-refractivity contribution >= 4 is 11.7 Å². The molecule has 2 N–H and O–H groups in total. The largest absolute Gasteiger partial charge is 0.480 e. The minimum Gasteiger partial charge on any atom is -0.480 e. The summed E-state index contributed by atoms with van der Waals surface area (Å²) in [4.78, 5) is 11.3. The van der Waals surface area contributed by atoms with E-state index in [1.807, 2.05) is 6.08 Å². The van der Waals surface area contributed by atoms with Gasteiger partial charge in [0.15, 0.2) is 0 Å². The highest BCUT2D eigenvalue weighted by Gasteiger charge is 2.44. The number of para-hydroxylation sites is 1. The Morgan fingerprint density at radius 3 is 2.75 bits per heavy atom. The summed E-state index contributed by atoms with van der Waals surface area (Å²) >= 11 is 0. The summed E-state index contributed by atoms with van der Waals surface area (Å²) in [5.74, 6) is -1.62. The number of rotatable bonds is 1. The second-order valence-electron chi connectivity index (χ2n) is 5.08. The van der Waals surface area contributed by atoms with Crippen LogP contribution in [0.2, 0.25) is 0 Å². The average Bonchev–Trinajstić information content (AvgIpc) is 2.84. The summed E-state index contributed by atoms with van der Waals surface area (Å²) in [6.07, 6.45) is -0.302. The van der Waals surface area contributed by atoms with Gasteiger partial charge in [0.2, 0.25) is 0 Å². The number of carboxylic acid groups (broad SMARTS) is 1. The Bertz CT molecular complexity index is 595. The Morgan fingerprint density at radius 1 is 1.35 bits per heavy atom.